The van der Waals surface area contributed by atoms with Gasteiger partial charge in [-0.15, -0.1) is 0 Å². The molecule has 12 nitrogen and oxygen atoms in total. The van der Waals surface area contributed by atoms with Gasteiger partial charge in [-0.1, -0.05) is 5.76 Å². The van der Waals surface area contributed by atoms with Gasteiger partial charge >= 0.3 is 5.97 Å². The van der Waals surface area contributed by atoms with E-state index >= 15 is 0 Å². The highest BCUT2D eigenvalue weighted by Crippen LogP contribution is 2.46. The van der Waals surface area contributed by atoms with Crippen LogP contribution in [0, 0.1) is 13.8 Å². The van der Waals surface area contributed by atoms with Gasteiger partial charge in [0.05, 0.1) is 40.5 Å². The smallest absolute Gasteiger partial charge is 0.355 e. The third kappa shape index (κ3) is 5.37. The van der Waals surface area contributed by atoms with Crippen LogP contribution in [-0.2, 0) is 20.9 Å². The van der Waals surface area contributed by atoms with E-state index in [1.165, 1.54) is 26.2 Å². The number of aromatic amines is 2. The summed E-state index contributed by atoms with van der Waals surface area (Å²) in [6, 6.07) is 2.21. The summed E-state index contributed by atoms with van der Waals surface area (Å²) in [6.45, 7) is 5.84. The molecule has 0 aliphatic carbocycles. The fourth-order valence-electron chi connectivity index (χ4n) is 5.22. The summed E-state index contributed by atoms with van der Waals surface area (Å²) in [5.74, 6) is -2.01. The molecule has 12 heteroatoms. The zero-order valence-corrected chi connectivity index (χ0v) is 24.0. The van der Waals surface area contributed by atoms with E-state index in [4.69, 9.17) is 18.9 Å². The number of aryl methyl sites for hydroxylation is 2. The molecule has 4 rings (SSSR count). The van der Waals surface area contributed by atoms with Gasteiger partial charge in [-0.3, -0.25) is 14.6 Å². The second kappa shape index (κ2) is 12.2. The summed E-state index contributed by atoms with van der Waals surface area (Å²) < 4.78 is 23.5. The molecule has 3 aromatic rings. The molecule has 218 valence electrons. The second-order valence-corrected chi connectivity index (χ2v) is 9.48. The quantitative estimate of drug-likeness (QED) is 0.117. The molecule has 1 aliphatic heterocycles. The first kappa shape index (κ1) is 29.2. The Morgan fingerprint density at radius 2 is 1.78 bits per heavy atom. The lowest BCUT2D eigenvalue weighted by atomic mass is 9.93. The summed E-state index contributed by atoms with van der Waals surface area (Å²) in [5, 5.41) is 14.2. The third-order valence-electron chi connectivity index (χ3n) is 7.09. The number of benzene rings is 1. The molecule has 0 spiro atoms. The van der Waals surface area contributed by atoms with Crippen molar-refractivity contribution in [1.82, 2.24) is 14.9 Å². The van der Waals surface area contributed by atoms with Gasteiger partial charge in [-0.25, -0.2) is 9.36 Å². The minimum absolute atomic E-state index is 0.120. The van der Waals surface area contributed by atoms with Gasteiger partial charge in [0, 0.05) is 24.2 Å². The molecule has 2 N–H and O–H groups in total. The Hall–Kier alpha value is -4.74. The summed E-state index contributed by atoms with van der Waals surface area (Å²) in [4.78, 5) is 46.8. The number of aromatic nitrogens is 3. The van der Waals surface area contributed by atoms with Crippen LogP contribution < -0.4 is 23.9 Å². The Balaban J connectivity index is 1.89. The molecular weight excluding hydrogens is 532 g/mol. The normalized spacial score (nSPS) is 16.2. The second-order valence-electron chi connectivity index (χ2n) is 9.48. The van der Waals surface area contributed by atoms with Gasteiger partial charge in [0.1, 0.15) is 18.1 Å². The van der Waals surface area contributed by atoms with Crippen LogP contribution in [0.25, 0.3) is 5.76 Å². The standard InChI is InChI=1S/C29H34N4O8/c1-7-41-29(37)23-16(2)21(17(3)31-23)25(34)22-24(18-13-19(38-4)27(40-6)20(14-18)39-5)33(28(36)26(22)35)11-8-10-32-12-9-30-15-32/h9,12-15,24H,7-8,10-11H2,1-6H3,(H2,31,34,35,37). The lowest BCUT2D eigenvalue weighted by Crippen LogP contribution is -2.36. The van der Waals surface area contributed by atoms with E-state index in [2.05, 4.69) is 9.97 Å². The van der Waals surface area contributed by atoms with Crippen molar-refractivity contribution in [2.75, 3.05) is 34.5 Å². The van der Waals surface area contributed by atoms with Crippen LogP contribution in [-0.4, -0.2) is 67.0 Å². The number of ether oxygens (including phenoxy) is 4. The number of likely N-dealkylation sites (tertiary alicyclic amines) is 1. The first-order chi connectivity index (χ1) is 19.7. The third-order valence-corrected chi connectivity index (χ3v) is 7.09. The average Bonchev–Trinajstić information content (AvgIpc) is 3.65. The molecule has 1 atom stereocenters. The Bertz CT molecular complexity index is 1460. The van der Waals surface area contributed by atoms with Crippen LogP contribution in [0.15, 0.2) is 36.4 Å². The maximum absolute atomic E-state index is 14.2. The van der Waals surface area contributed by atoms with Crippen LogP contribution in [0.2, 0.25) is 0 Å². The highest BCUT2D eigenvalue weighted by molar-refractivity contribution is 6.46. The van der Waals surface area contributed by atoms with E-state index < -0.39 is 29.5 Å². The van der Waals surface area contributed by atoms with Crippen LogP contribution in [0.3, 0.4) is 0 Å². The van der Waals surface area contributed by atoms with Gasteiger partial charge < -0.3 is 33.9 Å². The monoisotopic (exact) mass is 566 g/mol. The van der Waals surface area contributed by atoms with Crippen LogP contribution in [0.4, 0.5) is 0 Å². The minimum atomic E-state index is -1.04. The van der Waals surface area contributed by atoms with E-state index in [0.717, 1.165) is 0 Å². The zero-order valence-electron chi connectivity index (χ0n) is 24.0. The molecular formula is C29H34N4O8. The van der Waals surface area contributed by atoms with Crippen molar-refractivity contribution in [3.8, 4) is 17.2 Å². The number of hydrogen-bond acceptors (Lipinski definition) is 8. The SMILES string of the molecule is CCOC(=O)c1[nH]c(C)c(C([O-])=C2C(=O)C(=O)N(CCC[n+]3cc[nH]c3)C2c2cc(OC)c(OC)c(OC)c2)c1C. The van der Waals surface area contributed by atoms with Gasteiger partial charge in [0.2, 0.25) is 17.9 Å². The van der Waals surface area contributed by atoms with E-state index in [1.54, 1.807) is 45.4 Å². The number of nitrogens with one attached hydrogen (secondary N) is 2. The van der Waals surface area contributed by atoms with Crippen molar-refractivity contribution in [2.24, 2.45) is 0 Å². The Morgan fingerprint density at radius 1 is 1.10 bits per heavy atom. The van der Waals surface area contributed by atoms with Gasteiger partial charge in [-0.05, 0) is 49.6 Å². The summed E-state index contributed by atoms with van der Waals surface area (Å²) >= 11 is 0. The zero-order chi connectivity index (χ0) is 29.8. The van der Waals surface area contributed by atoms with Crippen LogP contribution >= 0.6 is 0 Å². The number of hydrogen-bond donors (Lipinski definition) is 2. The maximum Gasteiger partial charge on any atom is 0.355 e. The van der Waals surface area contributed by atoms with Crippen molar-refractivity contribution in [3.05, 3.63) is 64.5 Å². The number of esters is 1. The topological polar surface area (TPSA) is 150 Å². The molecule has 0 radical (unpaired) electrons. The number of amides is 1. The fraction of sp³-hybridized carbons (Fsp3) is 0.379. The van der Waals surface area contributed by atoms with Crippen molar-refractivity contribution in [1.29, 1.82) is 0 Å². The van der Waals surface area contributed by atoms with Crippen molar-refractivity contribution in [3.63, 3.8) is 0 Å². The number of methoxy groups -OCH3 is 3. The van der Waals surface area contributed by atoms with Crippen LogP contribution in [0.1, 0.15) is 52.3 Å². The largest absolute Gasteiger partial charge is 0.872 e. The molecule has 0 saturated carbocycles. The number of imidazole rings is 1. The lowest BCUT2D eigenvalue weighted by molar-refractivity contribution is -0.695. The molecule has 41 heavy (non-hydrogen) atoms. The van der Waals surface area contributed by atoms with E-state index in [1.807, 2.05) is 10.8 Å². The number of nitrogens with zero attached hydrogens (tertiary/aromatic N) is 2. The molecule has 0 bridgehead atoms. The molecule has 1 aliphatic rings. The van der Waals surface area contributed by atoms with Crippen molar-refractivity contribution < 1.29 is 43.0 Å². The summed E-state index contributed by atoms with van der Waals surface area (Å²) in [7, 11) is 4.38. The molecule has 1 saturated heterocycles. The van der Waals surface area contributed by atoms with E-state index in [0.29, 0.717) is 47.0 Å². The predicted octanol–water partition coefficient (Wildman–Crippen LogP) is 1.76. The predicted molar refractivity (Wildman–Crippen MR) is 144 cm³/mol. The lowest BCUT2D eigenvalue weighted by Gasteiger charge is -2.28. The Morgan fingerprint density at radius 3 is 2.34 bits per heavy atom. The average molecular weight is 567 g/mol. The molecule has 1 aromatic carbocycles. The van der Waals surface area contributed by atoms with Gasteiger partial charge in [0.15, 0.2) is 11.5 Å². The van der Waals surface area contributed by atoms with E-state index in [-0.39, 0.29) is 30.0 Å². The number of carbonyl (C=O) groups is 3. The minimum Gasteiger partial charge on any atom is -0.872 e. The Kier molecular flexibility index (Phi) is 8.70. The summed E-state index contributed by atoms with van der Waals surface area (Å²) in [5.41, 5.74) is 1.20. The highest BCUT2D eigenvalue weighted by atomic mass is 16.5. The molecule has 3 heterocycles. The number of ketones is 1. The number of H-pyrrole nitrogens is 2. The number of carbonyl (C=O) groups excluding carboxylic acids is 3. The highest BCUT2D eigenvalue weighted by Gasteiger charge is 2.45. The Labute approximate surface area is 237 Å². The van der Waals surface area contributed by atoms with E-state index in [9.17, 15) is 19.5 Å². The number of Topliss-reactive ketones (excluding diaryl/α,β-unsaturated/α-hetero) is 1. The molecule has 1 fully saturated rings. The van der Waals surface area contributed by atoms with Crippen molar-refractivity contribution in [2.45, 2.75) is 39.8 Å². The molecule has 1 unspecified atom stereocenters. The van der Waals surface area contributed by atoms with Crippen molar-refractivity contribution >= 4 is 23.4 Å². The first-order valence-electron chi connectivity index (χ1n) is 13.1. The molecule has 2 aromatic heterocycles. The van der Waals surface area contributed by atoms with Gasteiger partial charge in [0.25, 0.3) is 5.91 Å². The maximum atomic E-state index is 14.2. The van der Waals surface area contributed by atoms with Crippen LogP contribution in [0.5, 0.6) is 17.2 Å². The van der Waals surface area contributed by atoms with Gasteiger partial charge in [-0.2, -0.15) is 0 Å². The molecule has 1 amide bonds. The first-order valence-corrected chi connectivity index (χ1v) is 13.1. The fourth-order valence-corrected chi connectivity index (χ4v) is 5.22. The summed E-state index contributed by atoms with van der Waals surface area (Å²) in [6.07, 6.45) is 5.93. The number of rotatable bonds is 11.